The highest BCUT2D eigenvalue weighted by atomic mass is 19.1. The second-order valence-electron chi connectivity index (χ2n) is 6.52. The van der Waals surface area contributed by atoms with E-state index < -0.39 is 11.3 Å². The lowest BCUT2D eigenvalue weighted by Gasteiger charge is -2.12. The standard InChI is InChI=1S/C20H20FN3O2/c1-13(2)11-12-22-20(26)18-19(25)16-5-3-4-6-17(16)24(23-18)15-9-7-14(21)8-10-15/h3-10,13H,11-12H2,1-2H3,(H,22,26). The number of carbonyl (C=O) groups excluding carboxylic acids is 1. The van der Waals surface area contributed by atoms with Gasteiger partial charge in [0.15, 0.2) is 5.69 Å². The molecule has 2 aromatic carbocycles. The van der Waals surface area contributed by atoms with Crippen LogP contribution >= 0.6 is 0 Å². The molecular formula is C20H20FN3O2. The Kier molecular flexibility index (Phi) is 5.11. The molecule has 0 fully saturated rings. The minimum atomic E-state index is -0.503. The first-order chi connectivity index (χ1) is 12.5. The van der Waals surface area contributed by atoms with Crippen molar-refractivity contribution in [1.29, 1.82) is 0 Å². The van der Waals surface area contributed by atoms with E-state index in [1.54, 1.807) is 36.4 Å². The van der Waals surface area contributed by atoms with E-state index in [-0.39, 0.29) is 11.5 Å². The zero-order valence-electron chi connectivity index (χ0n) is 14.7. The van der Waals surface area contributed by atoms with Crippen LogP contribution in [0.15, 0.2) is 53.3 Å². The fourth-order valence-corrected chi connectivity index (χ4v) is 2.66. The molecule has 0 aliphatic heterocycles. The normalized spacial score (nSPS) is 11.1. The SMILES string of the molecule is CC(C)CCNC(=O)c1nn(-c2ccc(F)cc2)c2ccccc2c1=O. The number of nitrogens with one attached hydrogen (secondary N) is 1. The van der Waals surface area contributed by atoms with E-state index in [1.807, 2.05) is 0 Å². The molecule has 1 N–H and O–H groups in total. The number of para-hydroxylation sites is 1. The monoisotopic (exact) mass is 353 g/mol. The Labute approximate surface area is 150 Å². The van der Waals surface area contributed by atoms with E-state index in [2.05, 4.69) is 24.3 Å². The summed E-state index contributed by atoms with van der Waals surface area (Å²) in [4.78, 5) is 25.2. The molecule has 0 spiro atoms. The minimum absolute atomic E-state index is 0.170. The quantitative estimate of drug-likeness (QED) is 0.765. The van der Waals surface area contributed by atoms with Crippen molar-refractivity contribution < 1.29 is 9.18 Å². The third kappa shape index (κ3) is 3.64. The summed E-state index contributed by atoms with van der Waals surface area (Å²) in [7, 11) is 0. The van der Waals surface area contributed by atoms with E-state index in [1.165, 1.54) is 16.8 Å². The van der Waals surface area contributed by atoms with Gasteiger partial charge in [-0.1, -0.05) is 26.0 Å². The van der Waals surface area contributed by atoms with Crippen LogP contribution in [0.3, 0.4) is 0 Å². The maximum Gasteiger partial charge on any atom is 0.275 e. The molecule has 3 aromatic rings. The van der Waals surface area contributed by atoms with Crippen LogP contribution in [0.1, 0.15) is 30.8 Å². The van der Waals surface area contributed by atoms with Crippen LogP contribution in [0.2, 0.25) is 0 Å². The molecule has 3 rings (SSSR count). The summed E-state index contributed by atoms with van der Waals surface area (Å²) in [5.74, 6) is -0.432. The Bertz CT molecular complexity index is 994. The predicted molar refractivity (Wildman–Crippen MR) is 99.1 cm³/mol. The summed E-state index contributed by atoms with van der Waals surface area (Å²) in [5.41, 5.74) is 0.541. The number of carbonyl (C=O) groups is 1. The van der Waals surface area contributed by atoms with Gasteiger partial charge in [-0.3, -0.25) is 9.59 Å². The Morgan fingerprint density at radius 1 is 1.15 bits per heavy atom. The molecule has 1 aromatic heterocycles. The molecule has 5 nitrogen and oxygen atoms in total. The number of halogens is 1. The third-order valence-electron chi connectivity index (χ3n) is 4.09. The highest BCUT2D eigenvalue weighted by Crippen LogP contribution is 2.16. The van der Waals surface area contributed by atoms with Gasteiger partial charge in [0.05, 0.1) is 16.6 Å². The smallest absolute Gasteiger partial charge is 0.275 e. The lowest BCUT2D eigenvalue weighted by Crippen LogP contribution is -2.32. The van der Waals surface area contributed by atoms with E-state index in [4.69, 9.17) is 0 Å². The minimum Gasteiger partial charge on any atom is -0.351 e. The van der Waals surface area contributed by atoms with Gasteiger partial charge in [-0.05, 0) is 48.7 Å². The van der Waals surface area contributed by atoms with Gasteiger partial charge in [-0.15, -0.1) is 0 Å². The number of amides is 1. The van der Waals surface area contributed by atoms with Crippen LogP contribution in [0.25, 0.3) is 16.6 Å². The van der Waals surface area contributed by atoms with Gasteiger partial charge in [0.25, 0.3) is 5.91 Å². The van der Waals surface area contributed by atoms with Crippen molar-refractivity contribution in [3.63, 3.8) is 0 Å². The van der Waals surface area contributed by atoms with Gasteiger partial charge in [0, 0.05) is 6.54 Å². The fourth-order valence-electron chi connectivity index (χ4n) is 2.66. The Morgan fingerprint density at radius 3 is 2.54 bits per heavy atom. The number of nitrogens with zero attached hydrogens (tertiary/aromatic N) is 2. The molecule has 134 valence electrons. The van der Waals surface area contributed by atoms with Crippen LogP contribution in [-0.4, -0.2) is 22.2 Å². The second-order valence-corrected chi connectivity index (χ2v) is 6.52. The molecule has 0 unspecified atom stereocenters. The number of hydrogen-bond acceptors (Lipinski definition) is 3. The largest absolute Gasteiger partial charge is 0.351 e. The topological polar surface area (TPSA) is 64.0 Å². The Hall–Kier alpha value is -3.02. The van der Waals surface area contributed by atoms with Crippen LogP contribution in [0.5, 0.6) is 0 Å². The molecule has 6 heteroatoms. The van der Waals surface area contributed by atoms with Crippen molar-refractivity contribution in [2.24, 2.45) is 5.92 Å². The third-order valence-corrected chi connectivity index (χ3v) is 4.09. The number of aromatic nitrogens is 2. The highest BCUT2D eigenvalue weighted by molar-refractivity contribution is 5.95. The van der Waals surface area contributed by atoms with Gasteiger partial charge in [-0.2, -0.15) is 5.10 Å². The number of rotatable bonds is 5. The van der Waals surface area contributed by atoms with Crippen LogP contribution in [-0.2, 0) is 0 Å². The number of benzene rings is 2. The zero-order valence-corrected chi connectivity index (χ0v) is 14.7. The van der Waals surface area contributed by atoms with E-state index in [0.717, 1.165) is 6.42 Å². The van der Waals surface area contributed by atoms with Gasteiger partial charge in [0.1, 0.15) is 5.82 Å². The lowest BCUT2D eigenvalue weighted by molar-refractivity contribution is 0.0944. The molecule has 0 bridgehead atoms. The molecule has 0 atom stereocenters. The van der Waals surface area contributed by atoms with E-state index in [0.29, 0.717) is 29.1 Å². The molecular weight excluding hydrogens is 333 g/mol. The van der Waals surface area contributed by atoms with Crippen molar-refractivity contribution >= 4 is 16.8 Å². The zero-order chi connectivity index (χ0) is 18.7. The van der Waals surface area contributed by atoms with Gasteiger partial charge in [-0.25, -0.2) is 9.07 Å². The summed E-state index contributed by atoms with van der Waals surface area (Å²) in [5, 5.41) is 7.41. The highest BCUT2D eigenvalue weighted by Gasteiger charge is 2.17. The van der Waals surface area contributed by atoms with Crippen molar-refractivity contribution in [1.82, 2.24) is 15.1 Å². The number of fused-ring (bicyclic) bond motifs is 1. The van der Waals surface area contributed by atoms with E-state index in [9.17, 15) is 14.0 Å². The number of hydrogen-bond donors (Lipinski definition) is 1. The Balaban J connectivity index is 2.10. The molecule has 26 heavy (non-hydrogen) atoms. The Morgan fingerprint density at radius 2 is 1.85 bits per heavy atom. The molecule has 0 radical (unpaired) electrons. The van der Waals surface area contributed by atoms with Crippen molar-refractivity contribution in [2.75, 3.05) is 6.54 Å². The average molecular weight is 353 g/mol. The first-order valence-electron chi connectivity index (χ1n) is 8.53. The van der Waals surface area contributed by atoms with Gasteiger partial charge in [0.2, 0.25) is 5.43 Å². The van der Waals surface area contributed by atoms with Crippen molar-refractivity contribution in [2.45, 2.75) is 20.3 Å². The average Bonchev–Trinajstić information content (AvgIpc) is 2.63. The summed E-state index contributed by atoms with van der Waals surface area (Å²) in [6, 6.07) is 12.7. The van der Waals surface area contributed by atoms with Crippen LogP contribution < -0.4 is 10.7 Å². The maximum absolute atomic E-state index is 13.2. The molecule has 1 amide bonds. The maximum atomic E-state index is 13.2. The predicted octanol–water partition coefficient (Wildman–Crippen LogP) is 3.30. The lowest BCUT2D eigenvalue weighted by atomic mass is 10.1. The van der Waals surface area contributed by atoms with Crippen LogP contribution in [0.4, 0.5) is 4.39 Å². The summed E-state index contributed by atoms with van der Waals surface area (Å²) in [6.07, 6.45) is 0.811. The summed E-state index contributed by atoms with van der Waals surface area (Å²) >= 11 is 0. The summed E-state index contributed by atoms with van der Waals surface area (Å²) in [6.45, 7) is 4.59. The van der Waals surface area contributed by atoms with E-state index >= 15 is 0 Å². The van der Waals surface area contributed by atoms with Gasteiger partial charge >= 0.3 is 0 Å². The summed E-state index contributed by atoms with van der Waals surface area (Å²) < 4.78 is 14.7. The fraction of sp³-hybridized carbons (Fsp3) is 0.250. The molecule has 0 aliphatic rings. The molecule has 0 saturated carbocycles. The molecule has 0 saturated heterocycles. The van der Waals surface area contributed by atoms with Gasteiger partial charge < -0.3 is 5.32 Å². The van der Waals surface area contributed by atoms with Crippen molar-refractivity contribution in [3.8, 4) is 5.69 Å². The second kappa shape index (κ2) is 7.47. The first-order valence-corrected chi connectivity index (χ1v) is 8.53. The van der Waals surface area contributed by atoms with Crippen molar-refractivity contribution in [3.05, 3.63) is 70.3 Å². The molecule has 1 heterocycles. The van der Waals surface area contributed by atoms with Crippen LogP contribution in [0, 0.1) is 11.7 Å². The first kappa shape index (κ1) is 17.8. The molecule has 0 aliphatic carbocycles.